The highest BCUT2D eigenvalue weighted by atomic mass is 35.5. The first-order valence-corrected chi connectivity index (χ1v) is 8.17. The Morgan fingerprint density at radius 3 is 2.74 bits per heavy atom. The highest BCUT2D eigenvalue weighted by Crippen LogP contribution is 2.28. The van der Waals surface area contributed by atoms with E-state index in [2.05, 4.69) is 5.32 Å². The van der Waals surface area contributed by atoms with Crippen LogP contribution in [0.15, 0.2) is 23.1 Å². The zero-order valence-corrected chi connectivity index (χ0v) is 12.9. The number of hydrogen-bond acceptors (Lipinski definition) is 3. The van der Waals surface area contributed by atoms with Crippen LogP contribution in [0.1, 0.15) is 19.4 Å². The molecule has 1 saturated heterocycles. The van der Waals surface area contributed by atoms with Gasteiger partial charge in [-0.25, -0.2) is 8.42 Å². The second kappa shape index (κ2) is 5.40. The van der Waals surface area contributed by atoms with Crippen LogP contribution in [0.2, 0.25) is 5.02 Å². The van der Waals surface area contributed by atoms with Crippen LogP contribution in [-0.4, -0.2) is 37.9 Å². The number of hydrogen-bond donors (Lipinski definition) is 1. The Morgan fingerprint density at radius 1 is 1.37 bits per heavy atom. The molecule has 1 N–H and O–H groups in total. The molecule has 1 aromatic rings. The minimum Gasteiger partial charge on any atom is -0.311 e. The van der Waals surface area contributed by atoms with Crippen molar-refractivity contribution in [2.45, 2.75) is 37.8 Å². The van der Waals surface area contributed by atoms with Crippen molar-refractivity contribution in [1.29, 1.82) is 0 Å². The van der Waals surface area contributed by atoms with E-state index in [4.69, 9.17) is 11.6 Å². The smallest absolute Gasteiger partial charge is 0.244 e. The maximum atomic E-state index is 12.7. The van der Waals surface area contributed by atoms with Crippen LogP contribution in [0.4, 0.5) is 0 Å². The van der Waals surface area contributed by atoms with Crippen molar-refractivity contribution in [3.8, 4) is 0 Å². The first-order chi connectivity index (χ1) is 8.84. The summed E-state index contributed by atoms with van der Waals surface area (Å²) < 4.78 is 27.0. The Bertz CT molecular complexity index is 574. The van der Waals surface area contributed by atoms with Crippen molar-refractivity contribution in [3.63, 3.8) is 0 Å². The normalized spacial score (nSPS) is 25.5. The molecule has 2 unspecified atom stereocenters. The standard InChI is InChI=1S/C13H19ClN2O2S/c1-9-4-5-12(14)13(8-9)19(17,18)16-7-6-15-10(2)11(16)3/h4-5,8,10-11,15H,6-7H2,1-3H3. The summed E-state index contributed by atoms with van der Waals surface area (Å²) in [6.45, 7) is 6.90. The van der Waals surface area contributed by atoms with E-state index in [0.717, 1.165) is 5.56 Å². The average Bonchev–Trinajstić information content (AvgIpc) is 2.35. The van der Waals surface area contributed by atoms with E-state index >= 15 is 0 Å². The van der Waals surface area contributed by atoms with E-state index < -0.39 is 10.0 Å². The fourth-order valence-corrected chi connectivity index (χ4v) is 4.56. The number of piperazine rings is 1. The molecule has 106 valence electrons. The molecule has 1 aliphatic rings. The second-order valence-corrected chi connectivity index (χ2v) is 7.30. The fraction of sp³-hybridized carbons (Fsp3) is 0.538. The van der Waals surface area contributed by atoms with Gasteiger partial charge in [0.25, 0.3) is 0 Å². The zero-order valence-electron chi connectivity index (χ0n) is 11.4. The van der Waals surface area contributed by atoms with Crippen LogP contribution in [-0.2, 0) is 10.0 Å². The number of aryl methyl sites for hydroxylation is 1. The van der Waals surface area contributed by atoms with Gasteiger partial charge in [0.2, 0.25) is 10.0 Å². The van der Waals surface area contributed by atoms with Gasteiger partial charge in [0.05, 0.1) is 5.02 Å². The molecule has 0 spiro atoms. The number of rotatable bonds is 2. The SMILES string of the molecule is Cc1ccc(Cl)c(S(=O)(=O)N2CCNC(C)C2C)c1. The van der Waals surface area contributed by atoms with E-state index in [1.807, 2.05) is 26.8 Å². The molecule has 1 fully saturated rings. The molecule has 0 saturated carbocycles. The Labute approximate surface area is 119 Å². The van der Waals surface area contributed by atoms with E-state index in [-0.39, 0.29) is 22.0 Å². The molecule has 0 radical (unpaired) electrons. The third kappa shape index (κ3) is 2.79. The maximum absolute atomic E-state index is 12.7. The molecular weight excluding hydrogens is 284 g/mol. The first-order valence-electron chi connectivity index (χ1n) is 6.35. The van der Waals surface area contributed by atoms with Crippen LogP contribution in [0.3, 0.4) is 0 Å². The van der Waals surface area contributed by atoms with E-state index in [9.17, 15) is 8.42 Å². The fourth-order valence-electron chi connectivity index (χ4n) is 2.30. The third-order valence-corrected chi connectivity index (χ3v) is 6.12. The first kappa shape index (κ1) is 14.8. The Hall–Kier alpha value is -0.620. The minimum atomic E-state index is -3.54. The Morgan fingerprint density at radius 2 is 2.05 bits per heavy atom. The van der Waals surface area contributed by atoms with Crippen molar-refractivity contribution in [2.75, 3.05) is 13.1 Å². The summed E-state index contributed by atoms with van der Waals surface area (Å²) in [6, 6.07) is 5.13. The lowest BCUT2D eigenvalue weighted by atomic mass is 10.1. The van der Waals surface area contributed by atoms with Crippen molar-refractivity contribution in [3.05, 3.63) is 28.8 Å². The molecule has 6 heteroatoms. The number of benzene rings is 1. The Balaban J connectivity index is 2.44. The summed E-state index contributed by atoms with van der Waals surface area (Å²) >= 11 is 6.06. The largest absolute Gasteiger partial charge is 0.311 e. The lowest BCUT2D eigenvalue weighted by Crippen LogP contribution is -2.57. The summed E-state index contributed by atoms with van der Waals surface area (Å²) in [4.78, 5) is 0.204. The summed E-state index contributed by atoms with van der Waals surface area (Å²) in [5, 5.41) is 3.55. The van der Waals surface area contributed by atoms with E-state index in [1.165, 1.54) is 4.31 Å². The second-order valence-electron chi connectivity index (χ2n) is 5.03. The molecule has 0 aromatic heterocycles. The lowest BCUT2D eigenvalue weighted by Gasteiger charge is -2.37. The van der Waals surface area contributed by atoms with Crippen LogP contribution >= 0.6 is 11.6 Å². The van der Waals surface area contributed by atoms with Gasteiger partial charge in [-0.05, 0) is 38.5 Å². The summed E-state index contributed by atoms with van der Waals surface area (Å²) in [6.07, 6.45) is 0. The summed E-state index contributed by atoms with van der Waals surface area (Å²) in [5.74, 6) is 0. The van der Waals surface area contributed by atoms with Crippen molar-refractivity contribution >= 4 is 21.6 Å². The molecule has 1 aromatic carbocycles. The molecule has 0 bridgehead atoms. The summed E-state index contributed by atoms with van der Waals surface area (Å²) in [7, 11) is -3.54. The molecule has 2 atom stereocenters. The van der Waals surface area contributed by atoms with Gasteiger partial charge in [-0.15, -0.1) is 0 Å². The van der Waals surface area contributed by atoms with Crippen molar-refractivity contribution < 1.29 is 8.42 Å². The van der Waals surface area contributed by atoms with Crippen LogP contribution < -0.4 is 5.32 Å². The molecule has 1 aliphatic heterocycles. The highest BCUT2D eigenvalue weighted by Gasteiger charge is 2.35. The number of nitrogens with zero attached hydrogens (tertiary/aromatic N) is 1. The van der Waals surface area contributed by atoms with E-state index in [0.29, 0.717) is 13.1 Å². The van der Waals surface area contributed by atoms with Crippen LogP contribution in [0, 0.1) is 6.92 Å². The van der Waals surface area contributed by atoms with Gasteiger partial charge in [0.15, 0.2) is 0 Å². The zero-order chi connectivity index (χ0) is 14.2. The van der Waals surface area contributed by atoms with Gasteiger partial charge in [0.1, 0.15) is 4.90 Å². The van der Waals surface area contributed by atoms with Gasteiger partial charge in [-0.2, -0.15) is 4.31 Å². The van der Waals surface area contributed by atoms with Crippen LogP contribution in [0.5, 0.6) is 0 Å². The van der Waals surface area contributed by atoms with Gasteiger partial charge >= 0.3 is 0 Å². The monoisotopic (exact) mass is 302 g/mol. The minimum absolute atomic E-state index is 0.0877. The number of halogens is 1. The Kier molecular flexibility index (Phi) is 4.20. The number of nitrogens with one attached hydrogen (secondary N) is 1. The van der Waals surface area contributed by atoms with Crippen molar-refractivity contribution in [1.82, 2.24) is 9.62 Å². The lowest BCUT2D eigenvalue weighted by molar-refractivity contribution is 0.233. The van der Waals surface area contributed by atoms with Gasteiger partial charge in [-0.1, -0.05) is 17.7 Å². The van der Waals surface area contributed by atoms with Gasteiger partial charge in [0, 0.05) is 25.2 Å². The van der Waals surface area contributed by atoms with Gasteiger partial charge < -0.3 is 5.32 Å². The molecule has 0 amide bonds. The molecule has 19 heavy (non-hydrogen) atoms. The topological polar surface area (TPSA) is 49.4 Å². The average molecular weight is 303 g/mol. The third-order valence-electron chi connectivity index (χ3n) is 3.65. The molecule has 4 nitrogen and oxygen atoms in total. The highest BCUT2D eigenvalue weighted by molar-refractivity contribution is 7.89. The van der Waals surface area contributed by atoms with Crippen molar-refractivity contribution in [2.24, 2.45) is 0 Å². The predicted octanol–water partition coefficient (Wildman–Crippen LogP) is 2.02. The number of sulfonamides is 1. The molecule has 0 aliphatic carbocycles. The molecule has 1 heterocycles. The van der Waals surface area contributed by atoms with Crippen LogP contribution in [0.25, 0.3) is 0 Å². The summed E-state index contributed by atoms with van der Waals surface area (Å²) in [5.41, 5.74) is 0.888. The molecular formula is C13H19ClN2O2S. The maximum Gasteiger partial charge on any atom is 0.244 e. The quantitative estimate of drug-likeness (QED) is 0.909. The van der Waals surface area contributed by atoms with E-state index in [1.54, 1.807) is 12.1 Å². The van der Waals surface area contributed by atoms with Gasteiger partial charge in [-0.3, -0.25) is 0 Å². The predicted molar refractivity (Wildman–Crippen MR) is 77.0 cm³/mol. The molecule has 2 rings (SSSR count).